The van der Waals surface area contributed by atoms with Gasteiger partial charge in [0, 0.05) is 6.04 Å². The van der Waals surface area contributed by atoms with E-state index in [9.17, 15) is 0 Å². The van der Waals surface area contributed by atoms with Gasteiger partial charge in [-0.05, 0) is 44.5 Å². The second-order valence-electron chi connectivity index (χ2n) is 6.71. The van der Waals surface area contributed by atoms with Gasteiger partial charge >= 0.3 is 0 Å². The molecule has 0 aliphatic rings. The zero-order valence-corrected chi connectivity index (χ0v) is 15.4. The van der Waals surface area contributed by atoms with Crippen LogP contribution in [0.1, 0.15) is 46.9 Å². The lowest BCUT2D eigenvalue weighted by atomic mass is 10.1. The van der Waals surface area contributed by atoms with Crippen LogP contribution in [-0.4, -0.2) is 22.1 Å². The van der Waals surface area contributed by atoms with E-state index in [1.807, 2.05) is 12.1 Å². The first-order chi connectivity index (χ1) is 12.0. The molecule has 0 aliphatic heterocycles. The van der Waals surface area contributed by atoms with Gasteiger partial charge in [0.2, 0.25) is 5.89 Å². The third-order valence-electron chi connectivity index (χ3n) is 4.72. The molecule has 3 aromatic rings. The quantitative estimate of drug-likeness (QED) is 0.666. The van der Waals surface area contributed by atoms with E-state index >= 15 is 0 Å². The highest BCUT2D eigenvalue weighted by Gasteiger charge is 2.15. The molecule has 130 valence electrons. The van der Waals surface area contributed by atoms with Gasteiger partial charge < -0.3 is 4.52 Å². The van der Waals surface area contributed by atoms with Gasteiger partial charge in [-0.1, -0.05) is 59.3 Å². The number of benzene rings is 2. The molecule has 0 N–H and O–H groups in total. The van der Waals surface area contributed by atoms with Gasteiger partial charge in [0.05, 0.1) is 13.0 Å². The standard InChI is InChI=1S/C21H25N3O/c1-15-9-11-18(12-10-15)17(3)24(4)14-20-22-21(25-23-20)13-19-8-6-5-7-16(19)2/h5-12,17H,13-14H2,1-4H3/t17-/m0/s1. The fraction of sp³-hybridized carbons (Fsp3) is 0.333. The fourth-order valence-corrected chi connectivity index (χ4v) is 2.86. The minimum Gasteiger partial charge on any atom is -0.339 e. The van der Waals surface area contributed by atoms with Gasteiger partial charge in [0.25, 0.3) is 0 Å². The summed E-state index contributed by atoms with van der Waals surface area (Å²) in [6.45, 7) is 7.06. The molecule has 0 saturated carbocycles. The molecule has 1 atom stereocenters. The lowest BCUT2D eigenvalue weighted by molar-refractivity contribution is 0.242. The van der Waals surface area contributed by atoms with Crippen molar-refractivity contribution < 1.29 is 4.52 Å². The topological polar surface area (TPSA) is 42.2 Å². The Labute approximate surface area is 149 Å². The zero-order chi connectivity index (χ0) is 17.8. The molecule has 0 spiro atoms. The summed E-state index contributed by atoms with van der Waals surface area (Å²) in [5.41, 5.74) is 5.03. The SMILES string of the molecule is Cc1ccc([C@H](C)N(C)Cc2noc(Cc3ccccc3C)n2)cc1. The maximum atomic E-state index is 5.44. The summed E-state index contributed by atoms with van der Waals surface area (Å²) >= 11 is 0. The minimum atomic E-state index is 0.291. The highest BCUT2D eigenvalue weighted by molar-refractivity contribution is 5.27. The second kappa shape index (κ2) is 7.62. The molecule has 0 amide bonds. The van der Waals surface area contributed by atoms with Crippen molar-refractivity contribution in [3.8, 4) is 0 Å². The van der Waals surface area contributed by atoms with Crippen molar-refractivity contribution >= 4 is 0 Å². The maximum Gasteiger partial charge on any atom is 0.231 e. The third kappa shape index (κ3) is 4.34. The van der Waals surface area contributed by atoms with Crippen LogP contribution in [0.4, 0.5) is 0 Å². The molecule has 2 aromatic carbocycles. The van der Waals surface area contributed by atoms with Gasteiger partial charge in [0.1, 0.15) is 0 Å². The molecule has 0 unspecified atom stereocenters. The second-order valence-corrected chi connectivity index (χ2v) is 6.71. The first-order valence-electron chi connectivity index (χ1n) is 8.65. The van der Waals surface area contributed by atoms with Gasteiger partial charge in [-0.25, -0.2) is 0 Å². The monoisotopic (exact) mass is 335 g/mol. The Bertz CT molecular complexity index is 823. The van der Waals surface area contributed by atoms with Crippen molar-refractivity contribution in [1.29, 1.82) is 0 Å². The molecule has 4 nitrogen and oxygen atoms in total. The van der Waals surface area contributed by atoms with Gasteiger partial charge in [-0.2, -0.15) is 4.98 Å². The van der Waals surface area contributed by atoms with Gasteiger partial charge in [-0.15, -0.1) is 0 Å². The predicted molar refractivity (Wildman–Crippen MR) is 99.3 cm³/mol. The smallest absolute Gasteiger partial charge is 0.231 e. The normalized spacial score (nSPS) is 12.5. The van der Waals surface area contributed by atoms with Crippen molar-refractivity contribution in [3.05, 3.63) is 82.5 Å². The number of aromatic nitrogens is 2. The lowest BCUT2D eigenvalue weighted by Gasteiger charge is -2.23. The van der Waals surface area contributed by atoms with Crippen LogP contribution in [0.2, 0.25) is 0 Å². The highest BCUT2D eigenvalue weighted by atomic mass is 16.5. The Morgan fingerprint density at radius 1 is 1.04 bits per heavy atom. The Hall–Kier alpha value is -2.46. The molecular weight excluding hydrogens is 310 g/mol. The van der Waals surface area contributed by atoms with E-state index in [-0.39, 0.29) is 0 Å². The summed E-state index contributed by atoms with van der Waals surface area (Å²) in [6, 6.07) is 17.2. The fourth-order valence-electron chi connectivity index (χ4n) is 2.86. The average molecular weight is 335 g/mol. The van der Waals surface area contributed by atoms with Crippen molar-refractivity contribution in [3.63, 3.8) is 0 Å². The molecule has 3 rings (SSSR count). The molecule has 0 aliphatic carbocycles. The molecule has 0 radical (unpaired) electrons. The van der Waals surface area contributed by atoms with Crippen LogP contribution in [0.15, 0.2) is 53.1 Å². The van der Waals surface area contributed by atoms with Crippen LogP contribution in [0, 0.1) is 13.8 Å². The summed E-state index contributed by atoms with van der Waals surface area (Å²) in [4.78, 5) is 6.79. The van der Waals surface area contributed by atoms with Gasteiger partial charge in [-0.3, -0.25) is 4.90 Å². The summed E-state index contributed by atoms with van der Waals surface area (Å²) in [5.74, 6) is 1.39. The number of nitrogens with zero attached hydrogens (tertiary/aromatic N) is 3. The van der Waals surface area contributed by atoms with Crippen LogP contribution in [0.3, 0.4) is 0 Å². The molecular formula is C21H25N3O. The van der Waals surface area contributed by atoms with E-state index < -0.39 is 0 Å². The van der Waals surface area contributed by atoms with Crippen molar-refractivity contribution in [2.75, 3.05) is 7.05 Å². The van der Waals surface area contributed by atoms with Crippen LogP contribution in [0.25, 0.3) is 0 Å². The molecule has 1 heterocycles. The van der Waals surface area contributed by atoms with E-state index in [1.54, 1.807) is 0 Å². The highest BCUT2D eigenvalue weighted by Crippen LogP contribution is 2.21. The Kier molecular flexibility index (Phi) is 5.29. The van der Waals surface area contributed by atoms with Crippen LogP contribution >= 0.6 is 0 Å². The summed E-state index contributed by atoms with van der Waals surface area (Å²) < 4.78 is 5.44. The van der Waals surface area contributed by atoms with Crippen LogP contribution in [0.5, 0.6) is 0 Å². The first kappa shape index (κ1) is 17.4. The van der Waals surface area contributed by atoms with Crippen molar-refractivity contribution in [2.45, 2.75) is 39.8 Å². The van der Waals surface area contributed by atoms with E-state index in [1.165, 1.54) is 22.3 Å². The van der Waals surface area contributed by atoms with E-state index in [0.717, 1.165) is 5.82 Å². The molecule has 0 fully saturated rings. The molecule has 0 bridgehead atoms. The maximum absolute atomic E-state index is 5.44. The van der Waals surface area contributed by atoms with E-state index in [0.29, 0.717) is 24.9 Å². The average Bonchev–Trinajstić information content (AvgIpc) is 3.04. The van der Waals surface area contributed by atoms with E-state index in [2.05, 4.69) is 79.3 Å². The van der Waals surface area contributed by atoms with E-state index in [4.69, 9.17) is 4.52 Å². The first-order valence-corrected chi connectivity index (χ1v) is 8.65. The number of aryl methyl sites for hydroxylation is 2. The lowest BCUT2D eigenvalue weighted by Crippen LogP contribution is -2.22. The zero-order valence-electron chi connectivity index (χ0n) is 15.4. The summed E-state index contributed by atoms with van der Waals surface area (Å²) in [5, 5.41) is 4.14. The number of hydrogen-bond donors (Lipinski definition) is 0. The molecule has 4 heteroatoms. The summed E-state index contributed by atoms with van der Waals surface area (Å²) in [6.07, 6.45) is 0.677. The minimum absolute atomic E-state index is 0.291. The molecule has 1 aromatic heterocycles. The van der Waals surface area contributed by atoms with Crippen LogP contribution < -0.4 is 0 Å². The number of rotatable bonds is 6. The van der Waals surface area contributed by atoms with Crippen molar-refractivity contribution in [1.82, 2.24) is 15.0 Å². The van der Waals surface area contributed by atoms with Gasteiger partial charge in [0.15, 0.2) is 5.82 Å². The third-order valence-corrected chi connectivity index (χ3v) is 4.72. The Morgan fingerprint density at radius 3 is 2.48 bits per heavy atom. The number of hydrogen-bond acceptors (Lipinski definition) is 4. The molecule has 25 heavy (non-hydrogen) atoms. The summed E-state index contributed by atoms with van der Waals surface area (Å²) in [7, 11) is 2.09. The largest absolute Gasteiger partial charge is 0.339 e. The van der Waals surface area contributed by atoms with Crippen LogP contribution in [-0.2, 0) is 13.0 Å². The van der Waals surface area contributed by atoms with Crippen molar-refractivity contribution in [2.24, 2.45) is 0 Å². The predicted octanol–water partition coefficient (Wildman–Crippen LogP) is 4.47. The Morgan fingerprint density at radius 2 is 1.76 bits per heavy atom. The Balaban J connectivity index is 1.64. The molecule has 0 saturated heterocycles.